The molecule has 144 valence electrons. The molecule has 0 aromatic carbocycles. The number of H-pyrrole nitrogens is 1. The van der Waals surface area contributed by atoms with Crippen molar-refractivity contribution < 1.29 is 4.79 Å². The SMILES string of the molecule is Cc1sc2nc(CSCC(=O)N(C3=CCCCC3)C3CC3)[nH]c(=O)c2c1C. The first-order valence-electron chi connectivity index (χ1n) is 9.62. The third kappa shape index (κ3) is 3.99. The zero-order valence-electron chi connectivity index (χ0n) is 15.8. The van der Waals surface area contributed by atoms with Gasteiger partial charge < -0.3 is 9.88 Å². The van der Waals surface area contributed by atoms with E-state index in [9.17, 15) is 9.59 Å². The molecule has 4 rings (SSSR count). The fraction of sp³-hybridized carbons (Fsp3) is 0.550. The molecule has 0 saturated heterocycles. The zero-order valence-corrected chi connectivity index (χ0v) is 17.5. The van der Waals surface area contributed by atoms with Crippen molar-refractivity contribution >= 4 is 39.2 Å². The molecule has 5 nitrogen and oxygen atoms in total. The van der Waals surface area contributed by atoms with Crippen molar-refractivity contribution in [1.29, 1.82) is 0 Å². The maximum absolute atomic E-state index is 12.8. The summed E-state index contributed by atoms with van der Waals surface area (Å²) >= 11 is 3.09. The van der Waals surface area contributed by atoms with Gasteiger partial charge in [0.05, 0.1) is 16.9 Å². The number of carbonyl (C=O) groups is 1. The highest BCUT2D eigenvalue weighted by atomic mass is 32.2. The fourth-order valence-electron chi connectivity index (χ4n) is 3.64. The van der Waals surface area contributed by atoms with E-state index in [-0.39, 0.29) is 11.5 Å². The van der Waals surface area contributed by atoms with E-state index < -0.39 is 0 Å². The van der Waals surface area contributed by atoms with Crippen LogP contribution in [0.5, 0.6) is 0 Å². The number of fused-ring (bicyclic) bond motifs is 1. The van der Waals surface area contributed by atoms with Crippen LogP contribution in [0.4, 0.5) is 0 Å². The Balaban J connectivity index is 1.41. The number of rotatable bonds is 6. The van der Waals surface area contributed by atoms with Crippen molar-refractivity contribution in [2.45, 2.75) is 64.2 Å². The quantitative estimate of drug-likeness (QED) is 0.782. The van der Waals surface area contributed by atoms with Gasteiger partial charge in [-0.05, 0) is 57.9 Å². The van der Waals surface area contributed by atoms with E-state index in [1.54, 1.807) is 11.3 Å². The van der Waals surface area contributed by atoms with Crippen LogP contribution in [0, 0.1) is 13.8 Å². The second-order valence-corrected chi connectivity index (χ2v) is 9.59. The second-order valence-electron chi connectivity index (χ2n) is 7.40. The minimum Gasteiger partial charge on any atom is -0.313 e. The number of thioether (sulfide) groups is 1. The Bertz CT molecular complexity index is 956. The number of amides is 1. The number of nitrogens with one attached hydrogen (secondary N) is 1. The molecule has 0 aliphatic heterocycles. The molecule has 2 aliphatic rings. The monoisotopic (exact) mass is 403 g/mol. The van der Waals surface area contributed by atoms with E-state index in [0.717, 1.165) is 41.0 Å². The smallest absolute Gasteiger partial charge is 0.259 e. The maximum Gasteiger partial charge on any atom is 0.259 e. The lowest BCUT2D eigenvalue weighted by Crippen LogP contribution is -2.34. The molecule has 1 N–H and O–H groups in total. The van der Waals surface area contributed by atoms with Gasteiger partial charge in [0.15, 0.2) is 0 Å². The van der Waals surface area contributed by atoms with Crippen molar-refractivity contribution in [2.75, 3.05) is 5.75 Å². The van der Waals surface area contributed by atoms with Crippen molar-refractivity contribution in [2.24, 2.45) is 0 Å². The van der Waals surface area contributed by atoms with Gasteiger partial charge in [-0.3, -0.25) is 9.59 Å². The van der Waals surface area contributed by atoms with E-state index in [0.29, 0.717) is 28.8 Å². The number of aromatic amines is 1. The summed E-state index contributed by atoms with van der Waals surface area (Å²) in [6, 6.07) is 0.411. The summed E-state index contributed by atoms with van der Waals surface area (Å²) in [7, 11) is 0. The van der Waals surface area contributed by atoms with E-state index in [1.165, 1.54) is 30.3 Å². The molecule has 0 atom stereocenters. The lowest BCUT2D eigenvalue weighted by atomic mass is 10.0. The second kappa shape index (κ2) is 7.80. The largest absolute Gasteiger partial charge is 0.313 e. The van der Waals surface area contributed by atoms with Crippen LogP contribution < -0.4 is 5.56 Å². The van der Waals surface area contributed by atoms with Crippen LogP contribution in [0.2, 0.25) is 0 Å². The van der Waals surface area contributed by atoms with Gasteiger partial charge >= 0.3 is 0 Å². The highest BCUT2D eigenvalue weighted by Crippen LogP contribution is 2.34. The molecular formula is C20H25N3O2S2. The molecule has 0 bridgehead atoms. The first-order valence-corrected chi connectivity index (χ1v) is 11.6. The van der Waals surface area contributed by atoms with Crippen LogP contribution >= 0.6 is 23.1 Å². The number of aromatic nitrogens is 2. The van der Waals surface area contributed by atoms with E-state index >= 15 is 0 Å². The number of nitrogens with zero attached hydrogens (tertiary/aromatic N) is 2. The molecule has 2 heterocycles. The van der Waals surface area contributed by atoms with Gasteiger partial charge in [-0.25, -0.2) is 4.98 Å². The average Bonchev–Trinajstić information content (AvgIpc) is 3.42. The highest BCUT2D eigenvalue weighted by molar-refractivity contribution is 7.99. The van der Waals surface area contributed by atoms with Gasteiger partial charge in [0.1, 0.15) is 10.7 Å². The van der Waals surface area contributed by atoms with Crippen LogP contribution in [0.15, 0.2) is 16.6 Å². The van der Waals surface area contributed by atoms with Crippen molar-refractivity contribution in [3.8, 4) is 0 Å². The highest BCUT2D eigenvalue weighted by Gasteiger charge is 2.34. The van der Waals surface area contributed by atoms with Crippen molar-refractivity contribution in [3.63, 3.8) is 0 Å². The Labute approximate surface area is 167 Å². The molecule has 7 heteroatoms. The summed E-state index contributed by atoms with van der Waals surface area (Å²) in [6.07, 6.45) is 9.01. The Hall–Kier alpha value is -1.60. The number of carbonyl (C=O) groups excluding carboxylic acids is 1. The number of hydrogen-bond donors (Lipinski definition) is 1. The molecule has 2 aromatic rings. The Morgan fingerprint density at radius 2 is 2.19 bits per heavy atom. The molecule has 2 aliphatic carbocycles. The molecule has 1 saturated carbocycles. The minimum atomic E-state index is -0.0734. The number of thiophene rings is 1. The van der Waals surface area contributed by atoms with Crippen molar-refractivity contribution in [3.05, 3.63) is 38.4 Å². The minimum absolute atomic E-state index is 0.0734. The van der Waals surface area contributed by atoms with Crippen LogP contribution in [-0.2, 0) is 10.5 Å². The lowest BCUT2D eigenvalue weighted by Gasteiger charge is -2.27. The summed E-state index contributed by atoms with van der Waals surface area (Å²) in [5.41, 5.74) is 2.17. The van der Waals surface area contributed by atoms with Gasteiger partial charge in [0.2, 0.25) is 5.91 Å². The molecule has 2 aromatic heterocycles. The molecule has 1 fully saturated rings. The van der Waals surface area contributed by atoms with Crippen LogP contribution in [0.3, 0.4) is 0 Å². The summed E-state index contributed by atoms with van der Waals surface area (Å²) in [6.45, 7) is 3.98. The van der Waals surface area contributed by atoms with Crippen LogP contribution in [-0.4, -0.2) is 32.6 Å². The predicted octanol–water partition coefficient (Wildman–Crippen LogP) is 4.28. The van der Waals surface area contributed by atoms with Crippen LogP contribution in [0.1, 0.15) is 54.8 Å². The van der Waals surface area contributed by atoms with Crippen LogP contribution in [0.25, 0.3) is 10.2 Å². The Morgan fingerprint density at radius 3 is 2.89 bits per heavy atom. The molecule has 27 heavy (non-hydrogen) atoms. The van der Waals surface area contributed by atoms with Gasteiger partial charge in [-0.2, -0.15) is 0 Å². The Kier molecular flexibility index (Phi) is 5.41. The summed E-state index contributed by atoms with van der Waals surface area (Å²) < 4.78 is 0. The summed E-state index contributed by atoms with van der Waals surface area (Å²) in [5, 5.41) is 0.700. The van der Waals surface area contributed by atoms with E-state index in [1.807, 2.05) is 13.8 Å². The maximum atomic E-state index is 12.8. The lowest BCUT2D eigenvalue weighted by molar-refractivity contribution is -0.127. The van der Waals surface area contributed by atoms with Gasteiger partial charge in [0, 0.05) is 16.6 Å². The van der Waals surface area contributed by atoms with Crippen molar-refractivity contribution in [1.82, 2.24) is 14.9 Å². The number of allylic oxidation sites excluding steroid dienone is 2. The predicted molar refractivity (Wildman–Crippen MR) is 112 cm³/mol. The first-order chi connectivity index (χ1) is 13.0. The number of aryl methyl sites for hydroxylation is 2. The van der Waals surface area contributed by atoms with Gasteiger partial charge in [0.25, 0.3) is 5.56 Å². The zero-order chi connectivity index (χ0) is 19.0. The topological polar surface area (TPSA) is 66.1 Å². The molecule has 0 radical (unpaired) electrons. The van der Waals surface area contributed by atoms with Gasteiger partial charge in [-0.1, -0.05) is 6.08 Å². The molecule has 0 unspecified atom stereocenters. The molecular weight excluding hydrogens is 378 g/mol. The van der Waals surface area contributed by atoms with Gasteiger partial charge in [-0.15, -0.1) is 23.1 Å². The Morgan fingerprint density at radius 1 is 1.37 bits per heavy atom. The average molecular weight is 404 g/mol. The van der Waals surface area contributed by atoms with E-state index in [2.05, 4.69) is 20.9 Å². The number of hydrogen-bond acceptors (Lipinski definition) is 5. The summed E-state index contributed by atoms with van der Waals surface area (Å²) in [4.78, 5) is 36.6. The van der Waals surface area contributed by atoms with E-state index in [4.69, 9.17) is 0 Å². The molecule has 0 spiro atoms. The normalized spacial score (nSPS) is 17.2. The summed E-state index contributed by atoms with van der Waals surface area (Å²) in [5.74, 6) is 1.83. The molecule has 1 amide bonds. The fourth-order valence-corrected chi connectivity index (χ4v) is 5.44. The third-order valence-electron chi connectivity index (χ3n) is 5.31. The third-order valence-corrected chi connectivity index (χ3v) is 7.34. The standard InChI is InChI=1S/C20H25N3O2S2/c1-12-13(2)27-20-18(12)19(25)21-16(22-20)10-26-11-17(24)23(15-8-9-15)14-6-4-3-5-7-14/h6,15H,3-5,7-11H2,1-2H3,(H,21,22,25). The first kappa shape index (κ1) is 18.7.